The van der Waals surface area contributed by atoms with Crippen LogP contribution < -0.4 is 5.32 Å². The van der Waals surface area contributed by atoms with Crippen LogP contribution in [0, 0.1) is 5.82 Å². The minimum atomic E-state index is -0.650. The second-order valence-electron chi connectivity index (χ2n) is 6.53. The van der Waals surface area contributed by atoms with Crippen LogP contribution in [0.2, 0.25) is 5.02 Å². The number of fused-ring (bicyclic) bond motifs is 1. The lowest BCUT2D eigenvalue weighted by atomic mass is 10.1. The molecule has 0 aliphatic carbocycles. The molecule has 0 atom stereocenters. The molecule has 0 saturated heterocycles. The monoisotopic (exact) mass is 384 g/mol. The van der Waals surface area contributed by atoms with Gasteiger partial charge in [0.15, 0.2) is 5.82 Å². The first-order valence-corrected chi connectivity index (χ1v) is 9.29. The minimum absolute atomic E-state index is 0.0790. The van der Waals surface area contributed by atoms with Crippen molar-refractivity contribution in [2.24, 2.45) is 0 Å². The molecular formula is C20H18ClFN4O. The Morgan fingerprint density at radius 3 is 2.67 bits per heavy atom. The highest BCUT2D eigenvalue weighted by atomic mass is 35.5. The van der Waals surface area contributed by atoms with E-state index in [1.165, 1.54) is 24.6 Å². The molecule has 2 aromatic carbocycles. The van der Waals surface area contributed by atoms with Gasteiger partial charge in [0, 0.05) is 24.2 Å². The first kappa shape index (κ1) is 17.7. The predicted molar refractivity (Wildman–Crippen MR) is 102 cm³/mol. The zero-order chi connectivity index (χ0) is 18.8. The molecule has 0 saturated carbocycles. The summed E-state index contributed by atoms with van der Waals surface area (Å²) in [6.45, 7) is 0.919. The number of benzene rings is 2. The Labute approximate surface area is 161 Å². The van der Waals surface area contributed by atoms with Crippen molar-refractivity contribution in [2.45, 2.75) is 32.2 Å². The zero-order valence-electron chi connectivity index (χ0n) is 14.6. The number of carbonyl (C=O) groups is 1. The molecule has 1 N–H and O–H groups in total. The number of amides is 1. The Morgan fingerprint density at radius 1 is 1.07 bits per heavy atom. The third kappa shape index (κ3) is 3.57. The summed E-state index contributed by atoms with van der Waals surface area (Å²) in [4.78, 5) is 12.3. The number of hydrogen-bond donors (Lipinski definition) is 1. The van der Waals surface area contributed by atoms with Crippen molar-refractivity contribution in [2.75, 3.05) is 5.32 Å². The number of hydrogen-bond acceptors (Lipinski definition) is 3. The fourth-order valence-electron chi connectivity index (χ4n) is 3.31. The molecule has 7 heteroatoms. The Balaban J connectivity index is 1.55. The number of nitrogens with one attached hydrogen (secondary N) is 1. The lowest BCUT2D eigenvalue weighted by molar-refractivity contribution is 0.102. The van der Waals surface area contributed by atoms with Gasteiger partial charge in [-0.25, -0.2) is 4.39 Å². The molecule has 0 radical (unpaired) electrons. The van der Waals surface area contributed by atoms with Gasteiger partial charge in [-0.2, -0.15) is 0 Å². The highest BCUT2D eigenvalue weighted by Gasteiger charge is 2.17. The smallest absolute Gasteiger partial charge is 0.260 e. The lowest BCUT2D eigenvalue weighted by Gasteiger charge is -2.10. The Bertz CT molecular complexity index is 964. The number of aromatic nitrogens is 3. The van der Waals surface area contributed by atoms with Crippen LogP contribution in [0.5, 0.6) is 0 Å². The van der Waals surface area contributed by atoms with Crippen LogP contribution in [0.1, 0.15) is 35.4 Å². The van der Waals surface area contributed by atoms with E-state index in [9.17, 15) is 9.18 Å². The Kier molecular flexibility index (Phi) is 4.90. The number of halogens is 2. The van der Waals surface area contributed by atoms with Crippen molar-refractivity contribution >= 4 is 23.2 Å². The number of rotatable bonds is 3. The van der Waals surface area contributed by atoms with Gasteiger partial charge >= 0.3 is 0 Å². The van der Waals surface area contributed by atoms with Crippen LogP contribution in [0.4, 0.5) is 10.1 Å². The van der Waals surface area contributed by atoms with E-state index >= 15 is 0 Å². The highest BCUT2D eigenvalue weighted by molar-refractivity contribution is 6.34. The summed E-state index contributed by atoms with van der Waals surface area (Å²) >= 11 is 5.95. The lowest BCUT2D eigenvalue weighted by Crippen LogP contribution is -2.14. The summed E-state index contributed by atoms with van der Waals surface area (Å²) in [5, 5.41) is 11.4. The standard InChI is InChI=1S/C20H18ClFN4O/c21-15-5-4-6-16(22)18(15)20(27)23-14-10-8-13(9-11-14)19-25-24-17-7-2-1-3-12-26(17)19/h4-6,8-11H,1-3,7,12H2,(H,23,27). The van der Waals surface area contributed by atoms with Crippen molar-refractivity contribution in [3.63, 3.8) is 0 Å². The average Bonchev–Trinajstić information content (AvgIpc) is 2.90. The first-order chi connectivity index (χ1) is 13.1. The summed E-state index contributed by atoms with van der Waals surface area (Å²) in [6.07, 6.45) is 4.41. The van der Waals surface area contributed by atoms with Gasteiger partial charge in [0.05, 0.1) is 10.6 Å². The van der Waals surface area contributed by atoms with E-state index in [0.29, 0.717) is 5.69 Å². The van der Waals surface area contributed by atoms with Gasteiger partial charge in [0.25, 0.3) is 5.91 Å². The molecule has 1 amide bonds. The van der Waals surface area contributed by atoms with Crippen LogP contribution in [0.25, 0.3) is 11.4 Å². The van der Waals surface area contributed by atoms with Gasteiger partial charge in [-0.05, 0) is 49.2 Å². The quantitative estimate of drug-likeness (QED) is 0.711. The van der Waals surface area contributed by atoms with E-state index in [-0.39, 0.29) is 10.6 Å². The van der Waals surface area contributed by atoms with Crippen LogP contribution in [-0.2, 0) is 13.0 Å². The summed E-state index contributed by atoms with van der Waals surface area (Å²) in [5.41, 5.74) is 1.32. The molecule has 138 valence electrons. The van der Waals surface area contributed by atoms with E-state index < -0.39 is 11.7 Å². The van der Waals surface area contributed by atoms with Crippen molar-refractivity contribution in [1.82, 2.24) is 14.8 Å². The van der Waals surface area contributed by atoms with E-state index in [2.05, 4.69) is 20.1 Å². The fraction of sp³-hybridized carbons (Fsp3) is 0.250. The summed E-state index contributed by atoms with van der Waals surface area (Å²) in [6, 6.07) is 11.4. The Hall–Kier alpha value is -2.73. The molecule has 2 heterocycles. The van der Waals surface area contributed by atoms with Gasteiger partial charge in [-0.1, -0.05) is 24.1 Å². The molecule has 5 nitrogen and oxygen atoms in total. The van der Waals surface area contributed by atoms with Crippen molar-refractivity contribution in [3.8, 4) is 11.4 Å². The fourth-order valence-corrected chi connectivity index (χ4v) is 3.56. The normalized spacial score (nSPS) is 13.7. The molecular weight excluding hydrogens is 367 g/mol. The maximum atomic E-state index is 13.9. The molecule has 4 rings (SSSR count). The maximum absolute atomic E-state index is 13.9. The molecule has 0 spiro atoms. The SMILES string of the molecule is O=C(Nc1ccc(-c2nnc3n2CCCCC3)cc1)c1c(F)cccc1Cl. The van der Waals surface area contributed by atoms with Crippen LogP contribution in [-0.4, -0.2) is 20.7 Å². The van der Waals surface area contributed by atoms with E-state index in [1.807, 2.05) is 12.1 Å². The van der Waals surface area contributed by atoms with Gasteiger partial charge in [0.1, 0.15) is 11.6 Å². The largest absolute Gasteiger partial charge is 0.322 e. The third-order valence-corrected chi connectivity index (χ3v) is 5.02. The van der Waals surface area contributed by atoms with Crippen LogP contribution >= 0.6 is 11.6 Å². The third-order valence-electron chi connectivity index (χ3n) is 4.70. The van der Waals surface area contributed by atoms with E-state index in [1.54, 1.807) is 12.1 Å². The van der Waals surface area contributed by atoms with E-state index in [0.717, 1.165) is 43.0 Å². The van der Waals surface area contributed by atoms with Crippen molar-refractivity contribution in [3.05, 3.63) is 64.7 Å². The highest BCUT2D eigenvalue weighted by Crippen LogP contribution is 2.25. The van der Waals surface area contributed by atoms with Gasteiger partial charge in [-0.3, -0.25) is 4.79 Å². The second kappa shape index (κ2) is 7.48. The van der Waals surface area contributed by atoms with Gasteiger partial charge in [0.2, 0.25) is 0 Å². The summed E-state index contributed by atoms with van der Waals surface area (Å²) < 4.78 is 16.1. The van der Waals surface area contributed by atoms with Crippen molar-refractivity contribution < 1.29 is 9.18 Å². The van der Waals surface area contributed by atoms with Crippen LogP contribution in [0.15, 0.2) is 42.5 Å². The van der Waals surface area contributed by atoms with Crippen LogP contribution in [0.3, 0.4) is 0 Å². The molecule has 1 aliphatic rings. The first-order valence-electron chi connectivity index (χ1n) is 8.91. The molecule has 1 aliphatic heterocycles. The number of carbonyl (C=O) groups excluding carboxylic acids is 1. The minimum Gasteiger partial charge on any atom is -0.322 e. The second-order valence-corrected chi connectivity index (χ2v) is 6.94. The molecule has 0 unspecified atom stereocenters. The molecule has 0 fully saturated rings. The summed E-state index contributed by atoms with van der Waals surface area (Å²) in [5.74, 6) is 0.626. The number of aryl methyl sites for hydroxylation is 1. The maximum Gasteiger partial charge on any atom is 0.260 e. The zero-order valence-corrected chi connectivity index (χ0v) is 15.3. The number of nitrogens with zero attached hydrogens (tertiary/aromatic N) is 3. The molecule has 27 heavy (non-hydrogen) atoms. The van der Waals surface area contributed by atoms with Gasteiger partial charge < -0.3 is 9.88 Å². The van der Waals surface area contributed by atoms with E-state index in [4.69, 9.17) is 11.6 Å². The Morgan fingerprint density at radius 2 is 1.89 bits per heavy atom. The molecule has 1 aromatic heterocycles. The topological polar surface area (TPSA) is 59.8 Å². The predicted octanol–water partition coefficient (Wildman–Crippen LogP) is 4.72. The van der Waals surface area contributed by atoms with Gasteiger partial charge in [-0.15, -0.1) is 10.2 Å². The molecule has 0 bridgehead atoms. The average molecular weight is 385 g/mol. The summed E-state index contributed by atoms with van der Waals surface area (Å²) in [7, 11) is 0. The molecule has 3 aromatic rings. The number of anilines is 1. The van der Waals surface area contributed by atoms with Crippen molar-refractivity contribution in [1.29, 1.82) is 0 Å².